The average molecular weight is 369 g/mol. The molecule has 0 saturated carbocycles. The van der Waals surface area contributed by atoms with Gasteiger partial charge in [0, 0.05) is 10.9 Å². The first kappa shape index (κ1) is 17.1. The van der Waals surface area contributed by atoms with Crippen molar-refractivity contribution in [1.82, 2.24) is 4.98 Å². The van der Waals surface area contributed by atoms with Gasteiger partial charge in [-0.15, -0.1) is 0 Å². The molecule has 0 atom stereocenters. The van der Waals surface area contributed by atoms with E-state index in [0.29, 0.717) is 0 Å². The van der Waals surface area contributed by atoms with Crippen LogP contribution in [-0.4, -0.2) is 19.2 Å². The second-order valence-corrected chi connectivity index (χ2v) is 7.38. The van der Waals surface area contributed by atoms with Crippen molar-refractivity contribution in [2.75, 3.05) is 14.2 Å². The molecule has 0 fully saturated rings. The maximum absolute atomic E-state index is 5.53. The van der Waals surface area contributed by atoms with Gasteiger partial charge in [-0.1, -0.05) is 30.3 Å². The van der Waals surface area contributed by atoms with Gasteiger partial charge in [-0.3, -0.25) is 0 Å². The molecular formula is C25H23NO2. The van der Waals surface area contributed by atoms with Gasteiger partial charge in [-0.2, -0.15) is 0 Å². The minimum atomic E-state index is 0.741. The van der Waals surface area contributed by atoms with Crippen LogP contribution in [0, 0.1) is 0 Å². The highest BCUT2D eigenvalue weighted by molar-refractivity contribution is 6.09. The Bertz CT molecular complexity index is 1200. The van der Waals surface area contributed by atoms with E-state index in [9.17, 15) is 0 Å². The predicted octanol–water partition coefficient (Wildman–Crippen LogP) is 5.95. The molecule has 0 spiro atoms. The first-order valence-electron chi connectivity index (χ1n) is 9.86. The SMILES string of the molecule is COc1ccc(-c2nc3ccc4ccccc4c3c3c2CCCC3)cc1OC. The van der Waals surface area contributed by atoms with Gasteiger partial charge in [0.1, 0.15) is 0 Å². The Morgan fingerprint density at radius 2 is 1.57 bits per heavy atom. The number of aromatic nitrogens is 1. The molecule has 1 heterocycles. The second-order valence-electron chi connectivity index (χ2n) is 7.38. The van der Waals surface area contributed by atoms with E-state index in [-0.39, 0.29) is 0 Å². The molecule has 3 aromatic carbocycles. The fourth-order valence-corrected chi connectivity index (χ4v) is 4.52. The molecule has 3 nitrogen and oxygen atoms in total. The third-order valence-corrected chi connectivity index (χ3v) is 5.85. The molecule has 1 aliphatic carbocycles. The molecule has 1 aromatic heterocycles. The lowest BCUT2D eigenvalue weighted by Gasteiger charge is -2.22. The maximum Gasteiger partial charge on any atom is 0.161 e. The molecule has 0 unspecified atom stereocenters. The van der Waals surface area contributed by atoms with Gasteiger partial charge in [-0.25, -0.2) is 4.98 Å². The smallest absolute Gasteiger partial charge is 0.161 e. The summed E-state index contributed by atoms with van der Waals surface area (Å²) in [7, 11) is 3.34. The lowest BCUT2D eigenvalue weighted by Crippen LogP contribution is -2.08. The van der Waals surface area contributed by atoms with Crippen LogP contribution in [0.1, 0.15) is 24.0 Å². The van der Waals surface area contributed by atoms with Crippen LogP contribution in [0.5, 0.6) is 11.5 Å². The highest BCUT2D eigenvalue weighted by Gasteiger charge is 2.21. The fourth-order valence-electron chi connectivity index (χ4n) is 4.52. The van der Waals surface area contributed by atoms with E-state index in [1.165, 1.54) is 40.1 Å². The predicted molar refractivity (Wildman–Crippen MR) is 114 cm³/mol. The molecule has 140 valence electrons. The van der Waals surface area contributed by atoms with Gasteiger partial charge < -0.3 is 9.47 Å². The third kappa shape index (κ3) is 2.62. The highest BCUT2D eigenvalue weighted by Crippen LogP contribution is 2.40. The number of aryl methyl sites for hydroxylation is 1. The van der Waals surface area contributed by atoms with E-state index in [0.717, 1.165) is 41.1 Å². The van der Waals surface area contributed by atoms with Crippen molar-refractivity contribution in [2.45, 2.75) is 25.7 Å². The number of ether oxygens (including phenoxy) is 2. The van der Waals surface area contributed by atoms with Crippen LogP contribution in [0.3, 0.4) is 0 Å². The standard InChI is InChI=1S/C25H23NO2/c1-27-22-14-12-17(15-23(22)28-2)25-20-10-6-5-9-19(20)24-18-8-4-3-7-16(18)11-13-21(24)26-25/h3-4,7-8,11-15H,5-6,9-10H2,1-2H3. The molecule has 28 heavy (non-hydrogen) atoms. The molecule has 3 heteroatoms. The monoisotopic (exact) mass is 369 g/mol. The number of nitrogens with zero attached hydrogens (tertiary/aromatic N) is 1. The molecule has 0 amide bonds. The van der Waals surface area contributed by atoms with Gasteiger partial charge in [0.05, 0.1) is 25.4 Å². The Hall–Kier alpha value is -3.07. The zero-order valence-corrected chi connectivity index (χ0v) is 16.3. The normalized spacial score (nSPS) is 13.5. The lowest BCUT2D eigenvalue weighted by atomic mass is 9.85. The summed E-state index contributed by atoms with van der Waals surface area (Å²) in [5, 5.41) is 3.92. The molecule has 4 aromatic rings. The van der Waals surface area contributed by atoms with Gasteiger partial charge in [0.15, 0.2) is 11.5 Å². The minimum Gasteiger partial charge on any atom is -0.493 e. The molecule has 5 rings (SSSR count). The Kier molecular flexibility index (Phi) is 4.16. The van der Waals surface area contributed by atoms with Crippen LogP contribution in [0.25, 0.3) is 32.9 Å². The number of methoxy groups -OCH3 is 2. The van der Waals surface area contributed by atoms with E-state index in [1.54, 1.807) is 14.2 Å². The average Bonchev–Trinajstić information content (AvgIpc) is 2.77. The molecule has 0 radical (unpaired) electrons. The van der Waals surface area contributed by atoms with Gasteiger partial charge in [-0.05, 0) is 71.8 Å². The van der Waals surface area contributed by atoms with Gasteiger partial charge in [0.25, 0.3) is 0 Å². The minimum absolute atomic E-state index is 0.741. The first-order valence-corrected chi connectivity index (χ1v) is 9.86. The van der Waals surface area contributed by atoms with E-state index in [2.05, 4.69) is 42.5 Å². The molecule has 0 N–H and O–H groups in total. The van der Waals surface area contributed by atoms with Crippen LogP contribution in [0.15, 0.2) is 54.6 Å². The van der Waals surface area contributed by atoms with E-state index >= 15 is 0 Å². The fraction of sp³-hybridized carbons (Fsp3) is 0.240. The molecule has 0 saturated heterocycles. The zero-order valence-electron chi connectivity index (χ0n) is 16.3. The quantitative estimate of drug-likeness (QED) is 0.418. The lowest BCUT2D eigenvalue weighted by molar-refractivity contribution is 0.355. The van der Waals surface area contributed by atoms with Crippen LogP contribution in [-0.2, 0) is 12.8 Å². The summed E-state index contributed by atoms with van der Waals surface area (Å²) in [6.07, 6.45) is 4.64. The second kappa shape index (κ2) is 6.83. The van der Waals surface area contributed by atoms with Crippen molar-refractivity contribution < 1.29 is 9.47 Å². The van der Waals surface area contributed by atoms with Crippen molar-refractivity contribution in [3.8, 4) is 22.8 Å². The van der Waals surface area contributed by atoms with Crippen LogP contribution >= 0.6 is 0 Å². The summed E-state index contributed by atoms with van der Waals surface area (Å²) in [6, 6.07) is 19.1. The Labute approximate surface area is 164 Å². The summed E-state index contributed by atoms with van der Waals surface area (Å²) in [5.41, 5.74) is 6.11. The summed E-state index contributed by atoms with van der Waals surface area (Å²) >= 11 is 0. The van der Waals surface area contributed by atoms with Crippen LogP contribution in [0.2, 0.25) is 0 Å². The Balaban J connectivity index is 1.82. The van der Waals surface area contributed by atoms with Gasteiger partial charge >= 0.3 is 0 Å². The van der Waals surface area contributed by atoms with Crippen molar-refractivity contribution in [1.29, 1.82) is 0 Å². The molecule has 0 aliphatic heterocycles. The van der Waals surface area contributed by atoms with Crippen molar-refractivity contribution in [2.24, 2.45) is 0 Å². The Morgan fingerprint density at radius 3 is 2.39 bits per heavy atom. The summed E-state index contributed by atoms with van der Waals surface area (Å²) in [6.45, 7) is 0. The van der Waals surface area contributed by atoms with Crippen LogP contribution in [0.4, 0.5) is 0 Å². The number of pyridine rings is 1. The van der Waals surface area contributed by atoms with E-state index in [1.807, 2.05) is 12.1 Å². The number of benzene rings is 3. The largest absolute Gasteiger partial charge is 0.493 e. The maximum atomic E-state index is 5.53. The molecule has 1 aliphatic rings. The summed E-state index contributed by atoms with van der Waals surface area (Å²) < 4.78 is 10.9. The van der Waals surface area contributed by atoms with Gasteiger partial charge in [0.2, 0.25) is 0 Å². The van der Waals surface area contributed by atoms with Crippen molar-refractivity contribution in [3.05, 3.63) is 65.7 Å². The number of hydrogen-bond donors (Lipinski definition) is 0. The van der Waals surface area contributed by atoms with Crippen molar-refractivity contribution in [3.63, 3.8) is 0 Å². The number of fused-ring (bicyclic) bond motifs is 5. The zero-order chi connectivity index (χ0) is 19.1. The van der Waals surface area contributed by atoms with Crippen molar-refractivity contribution >= 4 is 21.7 Å². The number of hydrogen-bond acceptors (Lipinski definition) is 3. The van der Waals surface area contributed by atoms with E-state index < -0.39 is 0 Å². The van der Waals surface area contributed by atoms with E-state index in [4.69, 9.17) is 14.5 Å². The molecular weight excluding hydrogens is 346 g/mol. The Morgan fingerprint density at radius 1 is 0.786 bits per heavy atom. The summed E-state index contributed by atoms with van der Waals surface area (Å²) in [5.74, 6) is 1.48. The first-order chi connectivity index (χ1) is 13.8. The topological polar surface area (TPSA) is 31.4 Å². The highest BCUT2D eigenvalue weighted by atomic mass is 16.5. The third-order valence-electron chi connectivity index (χ3n) is 5.85. The number of rotatable bonds is 3. The molecule has 0 bridgehead atoms. The summed E-state index contributed by atoms with van der Waals surface area (Å²) in [4.78, 5) is 5.14. The van der Waals surface area contributed by atoms with Crippen LogP contribution < -0.4 is 9.47 Å².